The van der Waals surface area contributed by atoms with Crippen molar-refractivity contribution < 1.29 is 0 Å². The monoisotopic (exact) mass is 244 g/mol. The number of aromatic nitrogens is 1. The standard InChI is InChI=1S/C14H13ClN2/c1-10-9-12(7-8-16)11(2)17(10)14-6-4-3-5-13(14)15/h3-6,9H,7H2,1-2H3. The van der Waals surface area contributed by atoms with Crippen LogP contribution < -0.4 is 0 Å². The van der Waals surface area contributed by atoms with E-state index in [0.717, 1.165) is 27.7 Å². The van der Waals surface area contributed by atoms with Crippen LogP contribution in [0.3, 0.4) is 0 Å². The number of aryl methyl sites for hydroxylation is 1. The van der Waals surface area contributed by atoms with E-state index in [2.05, 4.69) is 10.6 Å². The lowest BCUT2D eigenvalue weighted by atomic mass is 10.2. The van der Waals surface area contributed by atoms with Crippen LogP contribution in [-0.2, 0) is 6.42 Å². The molecule has 0 amide bonds. The molecule has 0 unspecified atom stereocenters. The molecular weight excluding hydrogens is 232 g/mol. The van der Waals surface area contributed by atoms with Gasteiger partial charge in [-0.3, -0.25) is 0 Å². The molecule has 0 fully saturated rings. The van der Waals surface area contributed by atoms with Crippen LogP contribution >= 0.6 is 11.6 Å². The summed E-state index contributed by atoms with van der Waals surface area (Å²) in [5.74, 6) is 0. The van der Waals surface area contributed by atoms with Gasteiger partial charge >= 0.3 is 0 Å². The fourth-order valence-electron chi connectivity index (χ4n) is 2.10. The Morgan fingerprint density at radius 3 is 2.65 bits per heavy atom. The van der Waals surface area contributed by atoms with E-state index < -0.39 is 0 Å². The Morgan fingerprint density at radius 2 is 2.00 bits per heavy atom. The van der Waals surface area contributed by atoms with Crippen molar-refractivity contribution in [2.45, 2.75) is 20.3 Å². The van der Waals surface area contributed by atoms with Crippen molar-refractivity contribution >= 4 is 11.6 Å². The van der Waals surface area contributed by atoms with Gasteiger partial charge in [-0.05, 0) is 37.6 Å². The topological polar surface area (TPSA) is 28.7 Å². The SMILES string of the molecule is Cc1cc(CC#N)c(C)n1-c1ccccc1Cl. The highest BCUT2D eigenvalue weighted by Crippen LogP contribution is 2.26. The van der Waals surface area contributed by atoms with Crippen molar-refractivity contribution in [2.24, 2.45) is 0 Å². The molecule has 86 valence electrons. The molecule has 2 nitrogen and oxygen atoms in total. The van der Waals surface area contributed by atoms with Crippen LogP contribution in [0.5, 0.6) is 0 Å². The first-order valence-electron chi connectivity index (χ1n) is 5.45. The summed E-state index contributed by atoms with van der Waals surface area (Å²) in [5, 5.41) is 9.50. The van der Waals surface area contributed by atoms with Crippen molar-refractivity contribution in [2.75, 3.05) is 0 Å². The molecule has 0 radical (unpaired) electrons. The van der Waals surface area contributed by atoms with Crippen LogP contribution in [0, 0.1) is 25.2 Å². The summed E-state index contributed by atoms with van der Waals surface area (Å²) in [6.45, 7) is 4.04. The van der Waals surface area contributed by atoms with E-state index in [4.69, 9.17) is 16.9 Å². The molecule has 17 heavy (non-hydrogen) atoms. The summed E-state index contributed by atoms with van der Waals surface area (Å²) in [6.07, 6.45) is 0.435. The van der Waals surface area contributed by atoms with Gasteiger partial charge < -0.3 is 4.57 Å². The predicted molar refractivity (Wildman–Crippen MR) is 69.6 cm³/mol. The van der Waals surface area contributed by atoms with Gasteiger partial charge in [0, 0.05) is 11.4 Å². The summed E-state index contributed by atoms with van der Waals surface area (Å²) < 4.78 is 2.09. The number of nitriles is 1. The minimum absolute atomic E-state index is 0.435. The summed E-state index contributed by atoms with van der Waals surface area (Å²) in [4.78, 5) is 0. The summed E-state index contributed by atoms with van der Waals surface area (Å²) >= 11 is 6.20. The van der Waals surface area contributed by atoms with Gasteiger partial charge in [0.25, 0.3) is 0 Å². The first kappa shape index (κ1) is 11.8. The Bertz CT molecular complexity index is 591. The summed E-state index contributed by atoms with van der Waals surface area (Å²) in [7, 11) is 0. The van der Waals surface area contributed by atoms with E-state index in [1.807, 2.05) is 44.2 Å². The largest absolute Gasteiger partial charge is 0.317 e. The maximum absolute atomic E-state index is 8.78. The molecule has 0 spiro atoms. The van der Waals surface area contributed by atoms with Gasteiger partial charge in [-0.15, -0.1) is 0 Å². The normalized spacial score (nSPS) is 10.2. The molecular formula is C14H13ClN2. The van der Waals surface area contributed by atoms with Crippen LogP contribution in [0.15, 0.2) is 30.3 Å². The molecule has 2 aromatic rings. The third kappa shape index (κ3) is 2.07. The lowest BCUT2D eigenvalue weighted by Crippen LogP contribution is -2.00. The Labute approximate surface area is 106 Å². The average Bonchev–Trinajstić information content (AvgIpc) is 2.57. The predicted octanol–water partition coefficient (Wildman–Crippen LogP) is 3.81. The first-order valence-corrected chi connectivity index (χ1v) is 5.82. The van der Waals surface area contributed by atoms with Crippen molar-refractivity contribution in [1.82, 2.24) is 4.57 Å². The molecule has 3 heteroatoms. The Balaban J connectivity index is 2.61. The van der Waals surface area contributed by atoms with Crippen LogP contribution in [0.25, 0.3) is 5.69 Å². The number of benzene rings is 1. The number of rotatable bonds is 2. The van der Waals surface area contributed by atoms with Crippen LogP contribution in [-0.4, -0.2) is 4.57 Å². The number of nitrogens with zero attached hydrogens (tertiary/aromatic N) is 2. The molecule has 0 atom stereocenters. The smallest absolute Gasteiger partial charge is 0.0670 e. The molecule has 0 bridgehead atoms. The number of halogens is 1. The molecule has 1 aromatic carbocycles. The Morgan fingerprint density at radius 1 is 1.29 bits per heavy atom. The van der Waals surface area contributed by atoms with Crippen LogP contribution in [0.2, 0.25) is 5.02 Å². The van der Waals surface area contributed by atoms with Gasteiger partial charge in [0.15, 0.2) is 0 Å². The van der Waals surface area contributed by atoms with Crippen LogP contribution in [0.4, 0.5) is 0 Å². The molecule has 0 N–H and O–H groups in total. The molecule has 0 saturated carbocycles. The van der Waals surface area contributed by atoms with Gasteiger partial charge in [0.2, 0.25) is 0 Å². The fourth-order valence-corrected chi connectivity index (χ4v) is 2.32. The highest BCUT2D eigenvalue weighted by atomic mass is 35.5. The number of hydrogen-bond acceptors (Lipinski definition) is 1. The lowest BCUT2D eigenvalue weighted by Gasteiger charge is -2.11. The van der Waals surface area contributed by atoms with E-state index in [9.17, 15) is 0 Å². The maximum atomic E-state index is 8.78. The molecule has 1 heterocycles. The van der Waals surface area contributed by atoms with Crippen LogP contribution in [0.1, 0.15) is 17.0 Å². The third-order valence-corrected chi connectivity index (χ3v) is 3.22. The Kier molecular flexibility index (Phi) is 3.21. The Hall–Kier alpha value is -1.72. The number of hydrogen-bond donors (Lipinski definition) is 0. The number of para-hydroxylation sites is 1. The van der Waals surface area contributed by atoms with Gasteiger partial charge in [-0.2, -0.15) is 5.26 Å². The second-order valence-corrected chi connectivity index (χ2v) is 4.43. The second-order valence-electron chi connectivity index (χ2n) is 4.02. The van der Waals surface area contributed by atoms with Gasteiger partial charge in [0.05, 0.1) is 23.2 Å². The molecule has 0 aliphatic rings. The molecule has 0 saturated heterocycles. The average molecular weight is 245 g/mol. The lowest BCUT2D eigenvalue weighted by molar-refractivity contribution is 0.956. The molecule has 0 aliphatic heterocycles. The van der Waals surface area contributed by atoms with E-state index in [0.29, 0.717) is 6.42 Å². The minimum Gasteiger partial charge on any atom is -0.317 e. The van der Waals surface area contributed by atoms with E-state index in [-0.39, 0.29) is 0 Å². The zero-order valence-electron chi connectivity index (χ0n) is 9.87. The highest BCUT2D eigenvalue weighted by molar-refractivity contribution is 6.32. The molecule has 1 aromatic heterocycles. The van der Waals surface area contributed by atoms with Crippen molar-refractivity contribution in [3.8, 4) is 11.8 Å². The van der Waals surface area contributed by atoms with E-state index in [1.54, 1.807) is 0 Å². The van der Waals surface area contributed by atoms with Crippen molar-refractivity contribution in [3.63, 3.8) is 0 Å². The highest BCUT2D eigenvalue weighted by Gasteiger charge is 2.11. The van der Waals surface area contributed by atoms with Crippen molar-refractivity contribution in [1.29, 1.82) is 5.26 Å². The van der Waals surface area contributed by atoms with Gasteiger partial charge in [-0.1, -0.05) is 23.7 Å². The van der Waals surface area contributed by atoms with E-state index in [1.165, 1.54) is 0 Å². The second kappa shape index (κ2) is 4.65. The van der Waals surface area contributed by atoms with Gasteiger partial charge in [0.1, 0.15) is 0 Å². The molecule has 2 rings (SSSR count). The molecule has 0 aliphatic carbocycles. The van der Waals surface area contributed by atoms with E-state index >= 15 is 0 Å². The zero-order chi connectivity index (χ0) is 12.4. The minimum atomic E-state index is 0.435. The fraction of sp³-hybridized carbons (Fsp3) is 0.214. The van der Waals surface area contributed by atoms with Crippen molar-refractivity contribution in [3.05, 3.63) is 52.3 Å². The van der Waals surface area contributed by atoms with Gasteiger partial charge in [-0.25, -0.2) is 0 Å². The zero-order valence-corrected chi connectivity index (χ0v) is 10.6. The first-order chi connectivity index (χ1) is 8.15. The third-order valence-electron chi connectivity index (χ3n) is 2.90. The summed E-state index contributed by atoms with van der Waals surface area (Å²) in [5.41, 5.74) is 4.20. The maximum Gasteiger partial charge on any atom is 0.0670 e. The quantitative estimate of drug-likeness (QED) is 0.790. The summed E-state index contributed by atoms with van der Waals surface area (Å²) in [6, 6.07) is 12.0.